The molecule has 3 rings (SSSR count). The van der Waals surface area contributed by atoms with Gasteiger partial charge in [0.25, 0.3) is 11.8 Å². The van der Waals surface area contributed by atoms with Crippen molar-refractivity contribution >= 4 is 39.0 Å². The minimum absolute atomic E-state index is 0.00151. The number of imide groups is 1. The summed E-state index contributed by atoms with van der Waals surface area (Å²) in [5, 5.41) is 2.60. The summed E-state index contributed by atoms with van der Waals surface area (Å²) >= 11 is 0. The number of sulfone groups is 1. The number of ether oxygens (including phenoxy) is 2. The molecule has 2 aromatic carbocycles. The molecule has 0 aromatic heterocycles. The smallest absolute Gasteiger partial charge is 0.264 e. The van der Waals surface area contributed by atoms with Crippen LogP contribution in [0.4, 0.5) is 5.69 Å². The number of rotatable bonds is 12. The number of carbonyl (C=O) groups excluding carboxylic acids is 4. The van der Waals surface area contributed by atoms with Crippen molar-refractivity contribution in [2.75, 3.05) is 31.0 Å². The average molecular weight is 545 g/mol. The van der Waals surface area contributed by atoms with E-state index in [0.717, 1.165) is 11.2 Å². The third-order valence-corrected chi connectivity index (χ3v) is 7.01. The van der Waals surface area contributed by atoms with E-state index in [1.807, 2.05) is 0 Å². The van der Waals surface area contributed by atoms with E-state index >= 15 is 0 Å². The fraction of sp³-hybridized carbons (Fsp3) is 0.407. The van der Waals surface area contributed by atoms with Gasteiger partial charge >= 0.3 is 0 Å². The number of nitrogens with one attached hydrogen (secondary N) is 1. The van der Waals surface area contributed by atoms with Crippen molar-refractivity contribution in [3.63, 3.8) is 0 Å². The molecule has 38 heavy (non-hydrogen) atoms. The van der Waals surface area contributed by atoms with Crippen molar-refractivity contribution < 1.29 is 37.1 Å². The minimum Gasteiger partial charge on any atom is -0.493 e. The Labute approximate surface area is 222 Å². The van der Waals surface area contributed by atoms with Gasteiger partial charge in [0.2, 0.25) is 5.91 Å². The second kappa shape index (κ2) is 11.8. The molecule has 1 aliphatic rings. The summed E-state index contributed by atoms with van der Waals surface area (Å²) in [6.07, 6.45) is 2.15. The number of hydrogen-bond acceptors (Lipinski definition) is 8. The molecular formula is C27H32N2O8S. The zero-order valence-electron chi connectivity index (χ0n) is 22.1. The van der Waals surface area contributed by atoms with E-state index in [1.54, 1.807) is 37.3 Å². The van der Waals surface area contributed by atoms with Crippen LogP contribution in [0, 0.1) is 0 Å². The van der Waals surface area contributed by atoms with Crippen molar-refractivity contribution in [1.82, 2.24) is 4.90 Å². The third-order valence-electron chi connectivity index (χ3n) is 6.09. The van der Waals surface area contributed by atoms with Crippen LogP contribution in [0.1, 0.15) is 71.5 Å². The van der Waals surface area contributed by atoms with Crippen LogP contribution in [0.25, 0.3) is 0 Å². The lowest BCUT2D eigenvalue weighted by Crippen LogP contribution is -2.38. The Morgan fingerprint density at radius 2 is 1.71 bits per heavy atom. The first-order valence-corrected chi connectivity index (χ1v) is 14.2. The van der Waals surface area contributed by atoms with Crippen molar-refractivity contribution in [3.05, 3.63) is 52.6 Å². The molecule has 0 saturated heterocycles. The second-order valence-electron chi connectivity index (χ2n) is 9.19. The molecule has 2 aromatic rings. The maximum Gasteiger partial charge on any atom is 0.264 e. The third kappa shape index (κ3) is 6.39. The molecule has 10 nitrogen and oxygen atoms in total. The summed E-state index contributed by atoms with van der Waals surface area (Å²) in [7, 11) is -2.21. The molecule has 0 spiro atoms. The van der Waals surface area contributed by atoms with Crippen molar-refractivity contribution in [2.24, 2.45) is 0 Å². The van der Waals surface area contributed by atoms with Gasteiger partial charge < -0.3 is 19.6 Å². The van der Waals surface area contributed by atoms with E-state index in [4.69, 9.17) is 9.47 Å². The standard InChI is InChI=1S/C27H32N2O8S/c1-6-37-23-14-19(11-13-22(23)36-4)21(15-38(5,34)35)29-26(32)24-18(9-7-8-16(2)30)10-12-20(28-17(3)31)25(24)27(29)33/h10-14,21H,6-9,15H2,1-5H3,(H,28,31)/t21-/m1/s1. The van der Waals surface area contributed by atoms with Crippen LogP contribution in [0.15, 0.2) is 30.3 Å². The number of carbonyl (C=O) groups is 4. The number of nitrogens with zero attached hydrogens (tertiary/aromatic N) is 1. The summed E-state index contributed by atoms with van der Waals surface area (Å²) in [5.74, 6) is -1.59. The van der Waals surface area contributed by atoms with Crippen LogP contribution in [-0.4, -0.2) is 62.5 Å². The van der Waals surface area contributed by atoms with E-state index in [2.05, 4.69) is 5.32 Å². The Morgan fingerprint density at radius 1 is 1.03 bits per heavy atom. The Kier molecular flexibility index (Phi) is 8.93. The van der Waals surface area contributed by atoms with Crippen molar-refractivity contribution in [1.29, 1.82) is 0 Å². The number of aryl methyl sites for hydroxylation is 1. The largest absolute Gasteiger partial charge is 0.493 e. The van der Waals surface area contributed by atoms with Crippen LogP contribution in [0.5, 0.6) is 11.5 Å². The van der Waals surface area contributed by atoms with Crippen molar-refractivity contribution in [3.8, 4) is 11.5 Å². The number of hydrogen-bond donors (Lipinski definition) is 1. The highest BCUT2D eigenvalue weighted by Crippen LogP contribution is 2.40. The van der Waals surface area contributed by atoms with Gasteiger partial charge in [0.15, 0.2) is 11.5 Å². The van der Waals surface area contributed by atoms with Gasteiger partial charge in [0, 0.05) is 19.6 Å². The maximum atomic E-state index is 13.9. The molecule has 0 aliphatic carbocycles. The molecule has 1 atom stereocenters. The lowest BCUT2D eigenvalue weighted by molar-refractivity contribution is -0.117. The van der Waals surface area contributed by atoms with Crippen LogP contribution in [-0.2, 0) is 25.8 Å². The fourth-order valence-electron chi connectivity index (χ4n) is 4.53. The Balaban J connectivity index is 2.17. The van der Waals surface area contributed by atoms with E-state index in [9.17, 15) is 27.6 Å². The van der Waals surface area contributed by atoms with Gasteiger partial charge in [0.1, 0.15) is 15.6 Å². The Hall–Kier alpha value is -3.73. The number of benzene rings is 2. The molecule has 1 heterocycles. The lowest BCUT2D eigenvalue weighted by atomic mass is 9.96. The Morgan fingerprint density at radius 3 is 2.29 bits per heavy atom. The number of Topliss-reactive ketones (excluding diaryl/α,β-unsaturated/α-hetero) is 1. The van der Waals surface area contributed by atoms with Gasteiger partial charge in [-0.1, -0.05) is 12.1 Å². The zero-order valence-corrected chi connectivity index (χ0v) is 22.9. The van der Waals surface area contributed by atoms with Crippen LogP contribution < -0.4 is 14.8 Å². The second-order valence-corrected chi connectivity index (χ2v) is 11.4. The first-order valence-electron chi connectivity index (χ1n) is 12.2. The lowest BCUT2D eigenvalue weighted by Gasteiger charge is -2.27. The molecule has 0 saturated carbocycles. The first kappa shape index (κ1) is 28.8. The number of fused-ring (bicyclic) bond motifs is 1. The quantitative estimate of drug-likeness (QED) is 0.402. The first-order chi connectivity index (χ1) is 17.9. The molecule has 0 radical (unpaired) electrons. The molecule has 0 unspecified atom stereocenters. The van der Waals surface area contributed by atoms with Crippen molar-refractivity contribution in [2.45, 2.75) is 46.1 Å². The van der Waals surface area contributed by atoms with E-state index < -0.39 is 39.4 Å². The molecule has 0 fully saturated rings. The summed E-state index contributed by atoms with van der Waals surface area (Å²) in [6, 6.07) is 6.75. The van der Waals surface area contributed by atoms with Gasteiger partial charge in [-0.25, -0.2) is 8.42 Å². The van der Waals surface area contributed by atoms with Gasteiger partial charge in [-0.3, -0.25) is 19.3 Å². The Bertz CT molecular complexity index is 1380. The topological polar surface area (TPSA) is 136 Å². The summed E-state index contributed by atoms with van der Waals surface area (Å²) < 4.78 is 35.9. The summed E-state index contributed by atoms with van der Waals surface area (Å²) in [5.41, 5.74) is 1.17. The van der Waals surface area contributed by atoms with Gasteiger partial charge in [-0.2, -0.15) is 0 Å². The average Bonchev–Trinajstić information content (AvgIpc) is 3.08. The highest BCUT2D eigenvalue weighted by molar-refractivity contribution is 7.90. The molecule has 11 heteroatoms. The van der Waals surface area contributed by atoms with Crippen LogP contribution >= 0.6 is 0 Å². The van der Waals surface area contributed by atoms with Gasteiger partial charge in [-0.05, 0) is 56.0 Å². The predicted octanol–water partition coefficient (Wildman–Crippen LogP) is 3.35. The number of ketones is 1. The van der Waals surface area contributed by atoms with E-state index in [0.29, 0.717) is 48.5 Å². The number of methoxy groups -OCH3 is 1. The molecule has 0 bridgehead atoms. The maximum absolute atomic E-state index is 13.9. The highest BCUT2D eigenvalue weighted by atomic mass is 32.2. The zero-order chi connectivity index (χ0) is 28.2. The fourth-order valence-corrected chi connectivity index (χ4v) is 5.45. The number of anilines is 1. The normalized spacial score (nSPS) is 13.8. The monoisotopic (exact) mass is 544 g/mol. The van der Waals surface area contributed by atoms with E-state index in [1.165, 1.54) is 21.0 Å². The predicted molar refractivity (Wildman–Crippen MR) is 141 cm³/mol. The van der Waals surface area contributed by atoms with Crippen LogP contribution in [0.2, 0.25) is 0 Å². The molecular weight excluding hydrogens is 512 g/mol. The van der Waals surface area contributed by atoms with E-state index in [-0.39, 0.29) is 22.6 Å². The molecule has 1 aliphatic heterocycles. The van der Waals surface area contributed by atoms with Crippen LogP contribution in [0.3, 0.4) is 0 Å². The molecule has 1 N–H and O–H groups in total. The summed E-state index contributed by atoms with van der Waals surface area (Å²) in [4.78, 5) is 51.9. The van der Waals surface area contributed by atoms with Gasteiger partial charge in [-0.15, -0.1) is 0 Å². The molecule has 3 amide bonds. The SMILES string of the molecule is CCOc1cc([C@@H](CS(C)(=O)=O)N2C(=O)c3c(CCCC(C)=O)ccc(NC(C)=O)c3C2=O)ccc1OC. The minimum atomic E-state index is -3.67. The highest BCUT2D eigenvalue weighted by Gasteiger charge is 2.44. The molecule has 204 valence electrons. The number of amides is 3. The summed E-state index contributed by atoms with van der Waals surface area (Å²) in [6.45, 7) is 4.85. The van der Waals surface area contributed by atoms with Gasteiger partial charge in [0.05, 0.1) is 42.3 Å².